The molecule has 2 fully saturated rings. The number of carbonyl (C=O) groups is 3. The molecule has 0 aromatic carbocycles. The number of nitrogens with zero attached hydrogens (tertiary/aromatic N) is 2. The maximum atomic E-state index is 12.9. The number of likely N-dealkylation sites (tertiary alicyclic amines) is 2. The maximum absolute atomic E-state index is 12.9. The highest BCUT2D eigenvalue weighted by molar-refractivity contribution is 5.95. The van der Waals surface area contributed by atoms with Gasteiger partial charge in [-0.25, -0.2) is 0 Å². The van der Waals surface area contributed by atoms with Gasteiger partial charge in [-0.15, -0.1) is 0 Å². The van der Waals surface area contributed by atoms with Gasteiger partial charge in [0.15, 0.2) is 5.76 Å². The van der Waals surface area contributed by atoms with E-state index >= 15 is 0 Å². The van der Waals surface area contributed by atoms with Gasteiger partial charge < -0.3 is 19.3 Å². The molecule has 0 spiro atoms. The standard InChI is InChI=1S/C17H22N2O5/c1-11-9-18(10-12(11)17(22)23)15(20)13-5-2-3-7-19(13)16(21)14-6-4-8-24-14/h4,6,8,11-13H,2-3,5,7,9-10H2,1H3,(H,22,23)/t11-,12-,13?/m1/s1. The fourth-order valence-corrected chi connectivity index (χ4v) is 3.65. The monoisotopic (exact) mass is 334 g/mol. The van der Waals surface area contributed by atoms with Gasteiger partial charge in [-0.3, -0.25) is 14.4 Å². The minimum Gasteiger partial charge on any atom is -0.481 e. The Labute approximate surface area is 140 Å². The van der Waals surface area contributed by atoms with Gasteiger partial charge in [0.2, 0.25) is 5.91 Å². The predicted octanol–water partition coefficient (Wildman–Crippen LogP) is 1.45. The average molecular weight is 334 g/mol. The van der Waals surface area contributed by atoms with Crippen LogP contribution in [0.15, 0.2) is 22.8 Å². The van der Waals surface area contributed by atoms with E-state index in [4.69, 9.17) is 4.42 Å². The SMILES string of the molecule is C[C@@H]1CN(C(=O)C2CCCCN2C(=O)c2ccco2)C[C@H]1C(=O)O. The van der Waals surface area contributed by atoms with Crippen LogP contribution in [-0.2, 0) is 9.59 Å². The first-order valence-electron chi connectivity index (χ1n) is 8.35. The van der Waals surface area contributed by atoms with E-state index in [0.29, 0.717) is 19.5 Å². The van der Waals surface area contributed by atoms with Gasteiger partial charge >= 0.3 is 5.97 Å². The van der Waals surface area contributed by atoms with Crippen LogP contribution in [0, 0.1) is 11.8 Å². The van der Waals surface area contributed by atoms with Crippen molar-refractivity contribution in [1.29, 1.82) is 0 Å². The Morgan fingerprint density at radius 1 is 1.25 bits per heavy atom. The zero-order chi connectivity index (χ0) is 17.3. The number of hydrogen-bond donors (Lipinski definition) is 1. The van der Waals surface area contributed by atoms with Crippen LogP contribution in [0.3, 0.4) is 0 Å². The van der Waals surface area contributed by atoms with Crippen LogP contribution in [0.1, 0.15) is 36.7 Å². The molecule has 0 radical (unpaired) electrons. The largest absolute Gasteiger partial charge is 0.481 e. The number of carboxylic acid groups (broad SMARTS) is 1. The van der Waals surface area contributed by atoms with Crippen molar-refractivity contribution >= 4 is 17.8 Å². The molecule has 7 heteroatoms. The average Bonchev–Trinajstić information content (AvgIpc) is 3.23. The molecule has 2 amide bonds. The molecule has 1 N–H and O–H groups in total. The Kier molecular flexibility index (Phi) is 4.59. The number of hydrogen-bond acceptors (Lipinski definition) is 4. The number of amides is 2. The van der Waals surface area contributed by atoms with Gasteiger partial charge in [-0.1, -0.05) is 6.92 Å². The third-order valence-corrected chi connectivity index (χ3v) is 5.02. The van der Waals surface area contributed by atoms with Crippen molar-refractivity contribution < 1.29 is 23.9 Å². The molecule has 1 aromatic heterocycles. The summed E-state index contributed by atoms with van der Waals surface area (Å²) in [7, 11) is 0. The first-order chi connectivity index (χ1) is 11.5. The second-order valence-electron chi connectivity index (χ2n) is 6.65. The lowest BCUT2D eigenvalue weighted by Crippen LogP contribution is -2.52. The first-order valence-corrected chi connectivity index (χ1v) is 8.35. The van der Waals surface area contributed by atoms with Gasteiger partial charge in [0.1, 0.15) is 6.04 Å². The summed E-state index contributed by atoms with van der Waals surface area (Å²) in [6, 6.07) is 2.71. The Balaban J connectivity index is 1.75. The van der Waals surface area contributed by atoms with Crippen molar-refractivity contribution in [1.82, 2.24) is 9.80 Å². The molecule has 2 aliphatic rings. The van der Waals surface area contributed by atoms with Crippen LogP contribution < -0.4 is 0 Å². The quantitative estimate of drug-likeness (QED) is 0.903. The summed E-state index contributed by atoms with van der Waals surface area (Å²) in [6.07, 6.45) is 3.77. The number of rotatable bonds is 3. The smallest absolute Gasteiger partial charge is 0.308 e. The van der Waals surface area contributed by atoms with Crippen molar-refractivity contribution in [2.75, 3.05) is 19.6 Å². The van der Waals surface area contributed by atoms with E-state index in [2.05, 4.69) is 0 Å². The fraction of sp³-hybridized carbons (Fsp3) is 0.588. The molecule has 130 valence electrons. The van der Waals surface area contributed by atoms with Gasteiger partial charge in [0.25, 0.3) is 5.91 Å². The maximum Gasteiger partial charge on any atom is 0.308 e. The summed E-state index contributed by atoms with van der Waals surface area (Å²) in [5.41, 5.74) is 0. The van der Waals surface area contributed by atoms with E-state index in [1.54, 1.807) is 21.9 Å². The normalized spacial score (nSPS) is 27.3. The number of carboxylic acids is 1. The van der Waals surface area contributed by atoms with Crippen LogP contribution in [0.2, 0.25) is 0 Å². The van der Waals surface area contributed by atoms with E-state index in [1.165, 1.54) is 6.26 Å². The summed E-state index contributed by atoms with van der Waals surface area (Å²) in [4.78, 5) is 39.9. The van der Waals surface area contributed by atoms with E-state index in [9.17, 15) is 19.5 Å². The van der Waals surface area contributed by atoms with E-state index in [-0.39, 0.29) is 30.0 Å². The third kappa shape index (κ3) is 3.02. The van der Waals surface area contributed by atoms with Gasteiger partial charge in [0, 0.05) is 19.6 Å². The summed E-state index contributed by atoms with van der Waals surface area (Å²) in [5, 5.41) is 9.24. The summed E-state index contributed by atoms with van der Waals surface area (Å²) in [6.45, 7) is 3.00. The molecule has 1 unspecified atom stereocenters. The zero-order valence-electron chi connectivity index (χ0n) is 13.7. The third-order valence-electron chi connectivity index (χ3n) is 5.02. The van der Waals surface area contributed by atoms with E-state index in [0.717, 1.165) is 12.8 Å². The van der Waals surface area contributed by atoms with Crippen LogP contribution in [-0.4, -0.2) is 58.4 Å². The Bertz CT molecular complexity index is 627. The van der Waals surface area contributed by atoms with Crippen LogP contribution in [0.25, 0.3) is 0 Å². The fourth-order valence-electron chi connectivity index (χ4n) is 3.65. The van der Waals surface area contributed by atoms with Crippen molar-refractivity contribution in [2.24, 2.45) is 11.8 Å². The number of furan rings is 1. The molecular formula is C17H22N2O5. The van der Waals surface area contributed by atoms with Crippen molar-refractivity contribution in [2.45, 2.75) is 32.2 Å². The van der Waals surface area contributed by atoms with Crippen LogP contribution >= 0.6 is 0 Å². The topological polar surface area (TPSA) is 91.1 Å². The lowest BCUT2D eigenvalue weighted by atomic mass is 9.99. The van der Waals surface area contributed by atoms with Gasteiger partial charge in [-0.05, 0) is 37.3 Å². The molecule has 2 saturated heterocycles. The lowest BCUT2D eigenvalue weighted by Gasteiger charge is -2.36. The zero-order valence-corrected chi connectivity index (χ0v) is 13.7. The van der Waals surface area contributed by atoms with Gasteiger partial charge in [0.05, 0.1) is 12.2 Å². The molecule has 2 aliphatic heterocycles. The second-order valence-corrected chi connectivity index (χ2v) is 6.65. The summed E-state index contributed by atoms with van der Waals surface area (Å²) in [5.74, 6) is -1.68. The van der Waals surface area contributed by atoms with E-state index < -0.39 is 17.9 Å². The minimum absolute atomic E-state index is 0.0794. The number of piperidine rings is 1. The first kappa shape index (κ1) is 16.5. The van der Waals surface area contributed by atoms with Crippen molar-refractivity contribution in [3.8, 4) is 0 Å². The molecule has 3 atom stereocenters. The highest BCUT2D eigenvalue weighted by Gasteiger charge is 2.42. The van der Waals surface area contributed by atoms with Crippen LogP contribution in [0.4, 0.5) is 0 Å². The molecule has 3 rings (SSSR count). The van der Waals surface area contributed by atoms with E-state index in [1.807, 2.05) is 6.92 Å². The Morgan fingerprint density at radius 2 is 2.04 bits per heavy atom. The molecule has 0 aliphatic carbocycles. The number of aliphatic carboxylic acids is 1. The number of carbonyl (C=O) groups excluding carboxylic acids is 2. The highest BCUT2D eigenvalue weighted by Crippen LogP contribution is 2.27. The molecule has 0 saturated carbocycles. The molecule has 3 heterocycles. The Morgan fingerprint density at radius 3 is 2.67 bits per heavy atom. The highest BCUT2D eigenvalue weighted by atomic mass is 16.4. The lowest BCUT2D eigenvalue weighted by molar-refractivity contribution is -0.142. The van der Waals surface area contributed by atoms with Crippen molar-refractivity contribution in [3.63, 3.8) is 0 Å². The molecule has 1 aromatic rings. The molecule has 7 nitrogen and oxygen atoms in total. The second kappa shape index (κ2) is 6.67. The predicted molar refractivity (Wildman–Crippen MR) is 84.3 cm³/mol. The molecule has 0 bridgehead atoms. The Hall–Kier alpha value is -2.31. The summed E-state index contributed by atoms with van der Waals surface area (Å²) >= 11 is 0. The van der Waals surface area contributed by atoms with Crippen LogP contribution in [0.5, 0.6) is 0 Å². The molecular weight excluding hydrogens is 312 g/mol. The summed E-state index contributed by atoms with van der Waals surface area (Å²) < 4.78 is 5.17. The minimum atomic E-state index is -0.870. The van der Waals surface area contributed by atoms with Gasteiger partial charge in [-0.2, -0.15) is 0 Å². The van der Waals surface area contributed by atoms with Crippen molar-refractivity contribution in [3.05, 3.63) is 24.2 Å². The molecule has 24 heavy (non-hydrogen) atoms.